The monoisotopic (exact) mass is 395 g/mol. The van der Waals surface area contributed by atoms with Crippen molar-refractivity contribution in [1.82, 2.24) is 15.8 Å². The smallest absolute Gasteiger partial charge is 0.344 e. The van der Waals surface area contributed by atoms with Crippen LogP contribution in [-0.2, 0) is 15.1 Å². The van der Waals surface area contributed by atoms with E-state index in [0.717, 1.165) is 21.7 Å². The number of benzene rings is 2. The van der Waals surface area contributed by atoms with Crippen molar-refractivity contribution in [2.45, 2.75) is 39.7 Å². The van der Waals surface area contributed by atoms with E-state index in [1.807, 2.05) is 45.9 Å². The van der Waals surface area contributed by atoms with Gasteiger partial charge in [0.05, 0.1) is 0 Å². The fourth-order valence-electron chi connectivity index (χ4n) is 3.73. The van der Waals surface area contributed by atoms with E-state index in [2.05, 4.69) is 10.7 Å². The first kappa shape index (κ1) is 20.4. The van der Waals surface area contributed by atoms with E-state index in [1.165, 1.54) is 0 Å². The zero-order valence-electron chi connectivity index (χ0n) is 17.0. The van der Waals surface area contributed by atoms with Crippen LogP contribution in [0.3, 0.4) is 0 Å². The molecule has 1 saturated heterocycles. The summed E-state index contributed by atoms with van der Waals surface area (Å²) >= 11 is 0. The molecule has 2 aromatic rings. The summed E-state index contributed by atoms with van der Waals surface area (Å²) in [6, 6.07) is 12.2. The number of hydrazine groups is 1. The summed E-state index contributed by atoms with van der Waals surface area (Å²) in [5.74, 6) is -0.491. The fourth-order valence-corrected chi connectivity index (χ4v) is 3.73. The normalized spacial score (nSPS) is 18.6. The number of amides is 4. The molecule has 1 fully saturated rings. The Labute approximate surface area is 170 Å². The molecule has 3 rings (SSSR count). The van der Waals surface area contributed by atoms with Crippen LogP contribution in [0, 0.1) is 20.8 Å². The molecule has 1 atom stereocenters. The molecule has 1 aliphatic rings. The van der Waals surface area contributed by atoms with E-state index in [-0.39, 0.29) is 6.61 Å². The van der Waals surface area contributed by atoms with Gasteiger partial charge in [-0.1, -0.05) is 55.0 Å². The molecule has 0 aromatic heterocycles. The van der Waals surface area contributed by atoms with Gasteiger partial charge in [-0.3, -0.25) is 15.0 Å². The molecule has 1 aliphatic heterocycles. The van der Waals surface area contributed by atoms with E-state index in [9.17, 15) is 14.4 Å². The van der Waals surface area contributed by atoms with Gasteiger partial charge in [0, 0.05) is 0 Å². The Kier molecular flexibility index (Phi) is 5.59. The molecule has 2 N–H and O–H groups in total. The van der Waals surface area contributed by atoms with Crippen LogP contribution in [0.15, 0.2) is 42.5 Å². The third kappa shape index (κ3) is 3.81. The Bertz CT molecular complexity index is 935. The second-order valence-electron chi connectivity index (χ2n) is 7.25. The van der Waals surface area contributed by atoms with Crippen LogP contribution in [0.5, 0.6) is 5.75 Å². The topological polar surface area (TPSA) is 87.7 Å². The number of ether oxygens (including phenoxy) is 1. The summed E-state index contributed by atoms with van der Waals surface area (Å²) in [6.45, 7) is 7.29. The molecule has 0 aliphatic carbocycles. The fraction of sp³-hybridized carbons (Fsp3) is 0.318. The molecule has 152 valence electrons. The summed E-state index contributed by atoms with van der Waals surface area (Å²) in [5.41, 5.74) is 4.77. The first-order chi connectivity index (χ1) is 13.8. The Hall–Kier alpha value is -3.35. The number of nitrogens with zero attached hydrogens (tertiary/aromatic N) is 1. The first-order valence-corrected chi connectivity index (χ1v) is 9.51. The van der Waals surface area contributed by atoms with Gasteiger partial charge in [0.2, 0.25) is 0 Å². The third-order valence-corrected chi connectivity index (χ3v) is 5.08. The first-order valence-electron chi connectivity index (χ1n) is 9.51. The molecule has 0 bridgehead atoms. The van der Waals surface area contributed by atoms with E-state index in [4.69, 9.17) is 4.74 Å². The molecule has 29 heavy (non-hydrogen) atoms. The third-order valence-electron chi connectivity index (χ3n) is 5.08. The van der Waals surface area contributed by atoms with Crippen LogP contribution in [0.25, 0.3) is 0 Å². The van der Waals surface area contributed by atoms with Crippen molar-refractivity contribution in [3.05, 3.63) is 64.7 Å². The van der Waals surface area contributed by atoms with Gasteiger partial charge in [0.25, 0.3) is 11.8 Å². The van der Waals surface area contributed by atoms with E-state index < -0.39 is 23.4 Å². The molecule has 0 saturated carbocycles. The van der Waals surface area contributed by atoms with Gasteiger partial charge in [-0.25, -0.2) is 4.79 Å². The number of imide groups is 1. The molecule has 4 amide bonds. The second-order valence-corrected chi connectivity index (χ2v) is 7.25. The van der Waals surface area contributed by atoms with Gasteiger partial charge in [-0.2, -0.15) is 5.01 Å². The number of carbonyl (C=O) groups is 3. The maximum atomic E-state index is 13.0. The lowest BCUT2D eigenvalue weighted by molar-refractivity contribution is -0.140. The van der Waals surface area contributed by atoms with Crippen molar-refractivity contribution >= 4 is 17.8 Å². The van der Waals surface area contributed by atoms with Crippen LogP contribution in [-0.4, -0.2) is 29.5 Å². The highest BCUT2D eigenvalue weighted by molar-refractivity contribution is 6.08. The zero-order chi connectivity index (χ0) is 21.2. The highest BCUT2D eigenvalue weighted by atomic mass is 16.5. The number of urea groups is 1. The van der Waals surface area contributed by atoms with Crippen molar-refractivity contribution in [2.24, 2.45) is 0 Å². The summed E-state index contributed by atoms with van der Waals surface area (Å²) in [4.78, 5) is 37.8. The van der Waals surface area contributed by atoms with Crippen molar-refractivity contribution in [2.75, 3.05) is 6.61 Å². The average molecular weight is 395 g/mol. The van der Waals surface area contributed by atoms with Gasteiger partial charge >= 0.3 is 6.03 Å². The SMILES string of the molecule is CC[C@]1(c2ccccc2)NC(=O)N(NC(=O)COc2c(C)cc(C)cc2C)C1=O. The number of hydrogen-bond acceptors (Lipinski definition) is 4. The van der Waals surface area contributed by atoms with Gasteiger partial charge in [-0.05, 0) is 43.9 Å². The second kappa shape index (κ2) is 7.95. The van der Waals surface area contributed by atoms with Crippen LogP contribution < -0.4 is 15.5 Å². The summed E-state index contributed by atoms with van der Waals surface area (Å²) in [7, 11) is 0. The maximum absolute atomic E-state index is 13.0. The zero-order valence-corrected chi connectivity index (χ0v) is 17.0. The van der Waals surface area contributed by atoms with E-state index >= 15 is 0 Å². The van der Waals surface area contributed by atoms with Crippen molar-refractivity contribution in [3.8, 4) is 5.75 Å². The average Bonchev–Trinajstić information content (AvgIpc) is 2.93. The predicted octanol–water partition coefficient (Wildman–Crippen LogP) is 2.88. The molecule has 0 radical (unpaired) electrons. The number of nitrogens with one attached hydrogen (secondary N) is 2. The number of rotatable bonds is 6. The van der Waals surface area contributed by atoms with Crippen LogP contribution >= 0.6 is 0 Å². The predicted molar refractivity (Wildman–Crippen MR) is 108 cm³/mol. The minimum absolute atomic E-state index is 0.313. The number of aryl methyl sites for hydroxylation is 3. The highest BCUT2D eigenvalue weighted by Crippen LogP contribution is 2.31. The standard InChI is InChI=1S/C22H25N3O4/c1-5-22(17-9-7-6-8-10-17)20(27)25(21(28)23-22)24-18(26)13-29-19-15(3)11-14(2)12-16(19)4/h6-12H,5,13H2,1-4H3,(H,23,28)(H,24,26)/t22-/m1/s1. The van der Waals surface area contributed by atoms with E-state index in [1.54, 1.807) is 24.3 Å². The molecule has 1 heterocycles. The lowest BCUT2D eigenvalue weighted by atomic mass is 9.87. The van der Waals surface area contributed by atoms with Gasteiger partial charge in [-0.15, -0.1) is 0 Å². The minimum atomic E-state index is -1.20. The highest BCUT2D eigenvalue weighted by Gasteiger charge is 2.52. The molecular formula is C22H25N3O4. The molecule has 2 aromatic carbocycles. The Morgan fingerprint density at radius 3 is 2.31 bits per heavy atom. The Balaban J connectivity index is 1.71. The van der Waals surface area contributed by atoms with Gasteiger partial charge in [0.15, 0.2) is 6.61 Å². The largest absolute Gasteiger partial charge is 0.483 e. The summed E-state index contributed by atoms with van der Waals surface area (Å²) < 4.78 is 5.65. The summed E-state index contributed by atoms with van der Waals surface area (Å²) in [6.07, 6.45) is 0.353. The lowest BCUT2D eigenvalue weighted by Gasteiger charge is -2.25. The summed E-state index contributed by atoms with van der Waals surface area (Å²) in [5, 5.41) is 3.45. The Morgan fingerprint density at radius 2 is 1.72 bits per heavy atom. The van der Waals surface area contributed by atoms with Crippen molar-refractivity contribution in [1.29, 1.82) is 0 Å². The van der Waals surface area contributed by atoms with Crippen LogP contribution in [0.1, 0.15) is 35.6 Å². The molecular weight excluding hydrogens is 370 g/mol. The minimum Gasteiger partial charge on any atom is -0.483 e. The van der Waals surface area contributed by atoms with Crippen molar-refractivity contribution < 1.29 is 19.1 Å². The molecule has 0 spiro atoms. The quantitative estimate of drug-likeness (QED) is 0.737. The molecule has 7 nitrogen and oxygen atoms in total. The van der Waals surface area contributed by atoms with Crippen molar-refractivity contribution in [3.63, 3.8) is 0 Å². The van der Waals surface area contributed by atoms with Gasteiger partial charge < -0.3 is 10.1 Å². The van der Waals surface area contributed by atoms with Gasteiger partial charge in [0.1, 0.15) is 11.3 Å². The maximum Gasteiger partial charge on any atom is 0.344 e. The molecule has 7 heteroatoms. The van der Waals surface area contributed by atoms with Crippen LogP contribution in [0.4, 0.5) is 4.79 Å². The Morgan fingerprint density at radius 1 is 1.10 bits per heavy atom. The lowest BCUT2D eigenvalue weighted by Crippen LogP contribution is -2.49. The van der Waals surface area contributed by atoms with Crippen LogP contribution in [0.2, 0.25) is 0 Å². The van der Waals surface area contributed by atoms with E-state index in [0.29, 0.717) is 17.7 Å². The number of hydrogen-bond donors (Lipinski definition) is 2. The molecule has 0 unspecified atom stereocenters. The number of carbonyl (C=O) groups excluding carboxylic acids is 3.